The van der Waals surface area contributed by atoms with Gasteiger partial charge in [-0.25, -0.2) is 8.78 Å². The first-order valence-corrected chi connectivity index (χ1v) is 7.66. The number of pyridine rings is 1. The van der Waals surface area contributed by atoms with Gasteiger partial charge in [-0.3, -0.25) is 4.79 Å². The van der Waals surface area contributed by atoms with Crippen LogP contribution in [-0.4, -0.2) is 18.7 Å². The number of aromatic nitrogens is 1. The molecule has 0 aliphatic rings. The number of anilines is 1. The summed E-state index contributed by atoms with van der Waals surface area (Å²) in [5.41, 5.74) is 1.56. The highest BCUT2D eigenvalue weighted by Crippen LogP contribution is 2.24. The van der Waals surface area contributed by atoms with Crippen molar-refractivity contribution in [3.05, 3.63) is 75.6 Å². The Labute approximate surface area is 144 Å². The minimum Gasteiger partial charge on any atom is -0.375 e. The molecule has 5 heteroatoms. The first-order chi connectivity index (χ1) is 11.9. The minimum absolute atomic E-state index is 0.159. The van der Waals surface area contributed by atoms with E-state index < -0.39 is 5.82 Å². The molecule has 0 N–H and O–H groups in total. The van der Waals surface area contributed by atoms with E-state index in [2.05, 4.69) is 5.92 Å². The van der Waals surface area contributed by atoms with Gasteiger partial charge < -0.3 is 9.47 Å². The van der Waals surface area contributed by atoms with Crippen LogP contribution in [0.3, 0.4) is 0 Å². The van der Waals surface area contributed by atoms with Crippen LogP contribution in [0.5, 0.6) is 0 Å². The molecule has 0 bridgehead atoms. The van der Waals surface area contributed by atoms with E-state index in [1.165, 1.54) is 18.2 Å². The molecule has 3 aromatic rings. The summed E-state index contributed by atoms with van der Waals surface area (Å²) in [6, 6.07) is 8.89. The van der Waals surface area contributed by atoms with Crippen LogP contribution in [0.1, 0.15) is 11.1 Å². The molecule has 0 aliphatic carbocycles. The molecule has 2 aromatic carbocycles. The lowest BCUT2D eigenvalue weighted by molar-refractivity contribution is 0.625. The molecule has 0 amide bonds. The highest BCUT2D eigenvalue weighted by Gasteiger charge is 2.14. The Hall–Kier alpha value is -3.13. The molecular weight excluding hydrogens is 322 g/mol. The third kappa shape index (κ3) is 3.11. The Kier molecular flexibility index (Phi) is 4.28. The van der Waals surface area contributed by atoms with Gasteiger partial charge in [-0.15, -0.1) is 6.42 Å². The largest absolute Gasteiger partial charge is 0.375 e. The Bertz CT molecular complexity index is 1040. The SMILES string of the molecule is C#Cc1cn(Cc2ccc(F)cc2)c2cc(N(C)C)c(F)cc2c1=O. The third-order valence-corrected chi connectivity index (χ3v) is 4.05. The van der Waals surface area contributed by atoms with Crippen LogP contribution in [0.15, 0.2) is 47.4 Å². The molecule has 0 atom stereocenters. The van der Waals surface area contributed by atoms with E-state index in [0.717, 1.165) is 5.56 Å². The van der Waals surface area contributed by atoms with E-state index >= 15 is 0 Å². The third-order valence-electron chi connectivity index (χ3n) is 4.05. The fourth-order valence-electron chi connectivity index (χ4n) is 2.76. The second kappa shape index (κ2) is 6.40. The van der Waals surface area contributed by atoms with Crippen molar-refractivity contribution in [3.8, 4) is 12.3 Å². The Morgan fingerprint density at radius 1 is 1.16 bits per heavy atom. The predicted molar refractivity (Wildman–Crippen MR) is 95.9 cm³/mol. The molecule has 0 fully saturated rings. The van der Waals surface area contributed by atoms with E-state index in [1.807, 2.05) is 0 Å². The maximum Gasteiger partial charge on any atom is 0.205 e. The summed E-state index contributed by atoms with van der Waals surface area (Å²) in [5.74, 6) is 1.54. The molecule has 1 aromatic heterocycles. The number of rotatable bonds is 3. The normalized spacial score (nSPS) is 10.7. The minimum atomic E-state index is -0.489. The Balaban J connectivity index is 2.27. The van der Waals surface area contributed by atoms with Crippen molar-refractivity contribution < 1.29 is 8.78 Å². The highest BCUT2D eigenvalue weighted by molar-refractivity contribution is 5.84. The van der Waals surface area contributed by atoms with Gasteiger partial charge in [-0.1, -0.05) is 18.1 Å². The fraction of sp³-hybridized carbons (Fsp3) is 0.150. The molecule has 3 rings (SSSR count). The van der Waals surface area contributed by atoms with Crippen LogP contribution in [0.4, 0.5) is 14.5 Å². The first-order valence-electron chi connectivity index (χ1n) is 7.66. The van der Waals surface area contributed by atoms with Gasteiger partial charge in [0.2, 0.25) is 5.43 Å². The summed E-state index contributed by atoms with van der Waals surface area (Å²) < 4.78 is 29.2. The van der Waals surface area contributed by atoms with E-state index in [-0.39, 0.29) is 22.2 Å². The van der Waals surface area contributed by atoms with Crippen LogP contribution < -0.4 is 10.3 Å². The predicted octanol–water partition coefficient (Wildman–Crippen LogP) is 3.38. The summed E-state index contributed by atoms with van der Waals surface area (Å²) in [7, 11) is 3.45. The number of fused-ring (bicyclic) bond motifs is 1. The number of hydrogen-bond acceptors (Lipinski definition) is 2. The molecule has 0 saturated heterocycles. The van der Waals surface area contributed by atoms with Gasteiger partial charge in [0.25, 0.3) is 0 Å². The maximum atomic E-state index is 14.3. The van der Waals surface area contributed by atoms with E-state index in [1.54, 1.807) is 48.0 Å². The molecule has 0 aliphatic heterocycles. The van der Waals surface area contributed by atoms with Crippen LogP contribution in [-0.2, 0) is 6.54 Å². The quantitative estimate of drug-likeness (QED) is 0.684. The zero-order valence-electron chi connectivity index (χ0n) is 13.9. The molecule has 25 heavy (non-hydrogen) atoms. The Morgan fingerprint density at radius 3 is 2.44 bits per heavy atom. The van der Waals surface area contributed by atoms with Crippen molar-refractivity contribution in [2.24, 2.45) is 0 Å². The number of halogens is 2. The van der Waals surface area contributed by atoms with Gasteiger partial charge in [0, 0.05) is 26.8 Å². The van der Waals surface area contributed by atoms with Gasteiger partial charge in [0.1, 0.15) is 11.6 Å². The average Bonchev–Trinajstić information content (AvgIpc) is 2.58. The molecule has 0 unspecified atom stereocenters. The molecular formula is C20H16F2N2O. The summed E-state index contributed by atoms with van der Waals surface area (Å²) in [6.45, 7) is 0.379. The lowest BCUT2D eigenvalue weighted by atomic mass is 10.1. The number of nitrogens with zero attached hydrogens (tertiary/aromatic N) is 2. The Morgan fingerprint density at radius 2 is 1.84 bits per heavy atom. The second-order valence-electron chi connectivity index (χ2n) is 5.99. The monoisotopic (exact) mass is 338 g/mol. The first kappa shape index (κ1) is 16.7. The smallest absolute Gasteiger partial charge is 0.205 e. The topological polar surface area (TPSA) is 25.2 Å². The molecule has 126 valence electrons. The van der Waals surface area contributed by atoms with Crippen molar-refractivity contribution in [1.82, 2.24) is 4.57 Å². The zero-order valence-corrected chi connectivity index (χ0v) is 13.9. The molecule has 0 spiro atoms. The average molecular weight is 338 g/mol. The maximum absolute atomic E-state index is 14.3. The molecule has 3 nitrogen and oxygen atoms in total. The fourth-order valence-corrected chi connectivity index (χ4v) is 2.76. The lowest BCUT2D eigenvalue weighted by Gasteiger charge is -2.17. The van der Waals surface area contributed by atoms with E-state index in [4.69, 9.17) is 6.42 Å². The molecule has 1 heterocycles. The van der Waals surface area contributed by atoms with E-state index in [0.29, 0.717) is 17.7 Å². The van der Waals surface area contributed by atoms with Crippen LogP contribution in [0, 0.1) is 24.0 Å². The van der Waals surface area contributed by atoms with Crippen molar-refractivity contribution in [2.45, 2.75) is 6.54 Å². The van der Waals surface area contributed by atoms with Gasteiger partial charge in [0.05, 0.1) is 22.2 Å². The van der Waals surface area contributed by atoms with Crippen molar-refractivity contribution >= 4 is 16.6 Å². The number of hydrogen-bond donors (Lipinski definition) is 0. The van der Waals surface area contributed by atoms with Crippen molar-refractivity contribution in [1.29, 1.82) is 0 Å². The van der Waals surface area contributed by atoms with Gasteiger partial charge in [-0.05, 0) is 29.8 Å². The van der Waals surface area contributed by atoms with Crippen LogP contribution >= 0.6 is 0 Å². The van der Waals surface area contributed by atoms with Gasteiger partial charge >= 0.3 is 0 Å². The number of terminal acetylenes is 1. The van der Waals surface area contributed by atoms with Crippen LogP contribution in [0.25, 0.3) is 10.9 Å². The van der Waals surface area contributed by atoms with Gasteiger partial charge in [-0.2, -0.15) is 0 Å². The van der Waals surface area contributed by atoms with Gasteiger partial charge in [0.15, 0.2) is 0 Å². The van der Waals surface area contributed by atoms with E-state index in [9.17, 15) is 13.6 Å². The summed E-state index contributed by atoms with van der Waals surface area (Å²) in [4.78, 5) is 14.1. The summed E-state index contributed by atoms with van der Waals surface area (Å²) in [6.07, 6.45) is 7.00. The van der Waals surface area contributed by atoms with Crippen molar-refractivity contribution in [2.75, 3.05) is 19.0 Å². The highest BCUT2D eigenvalue weighted by atomic mass is 19.1. The van der Waals surface area contributed by atoms with Crippen LogP contribution in [0.2, 0.25) is 0 Å². The number of benzene rings is 2. The lowest BCUT2D eigenvalue weighted by Crippen LogP contribution is -2.16. The summed E-state index contributed by atoms with van der Waals surface area (Å²) in [5, 5.41) is 0.223. The zero-order chi connectivity index (χ0) is 18.1. The van der Waals surface area contributed by atoms with Crippen molar-refractivity contribution in [3.63, 3.8) is 0 Å². The second-order valence-corrected chi connectivity index (χ2v) is 5.99. The molecule has 0 radical (unpaired) electrons. The standard InChI is InChI=1S/C20H16F2N2O/c1-4-14-12-24(11-13-5-7-15(21)8-6-13)18-10-19(23(2)3)17(22)9-16(18)20(14)25/h1,5-10,12H,11H2,2-3H3. The molecule has 0 saturated carbocycles. The summed E-state index contributed by atoms with van der Waals surface area (Å²) >= 11 is 0.